The second kappa shape index (κ2) is 4.80. The molecule has 0 atom stereocenters. The van der Waals surface area contributed by atoms with Crippen LogP contribution in [-0.2, 0) is 7.05 Å². The largest absolute Gasteiger partial charge is 0.266 e. The Morgan fingerprint density at radius 1 is 0.950 bits per heavy atom. The van der Waals surface area contributed by atoms with Crippen molar-refractivity contribution in [3.8, 4) is 22.6 Å². The van der Waals surface area contributed by atoms with E-state index in [0.29, 0.717) is 11.4 Å². The fraction of sp³-hybridized carbons (Fsp3) is 0.0714. The molecule has 3 aromatic rings. The number of aromatic nitrogens is 4. The molecule has 0 aliphatic rings. The third-order valence-electron chi connectivity index (χ3n) is 2.92. The topological polar surface area (TPSA) is 43.6 Å². The highest BCUT2D eigenvalue weighted by Crippen LogP contribution is 2.23. The molecular formula is C14H10F2N4. The molecule has 6 heteroatoms. The lowest BCUT2D eigenvalue weighted by molar-refractivity contribution is 0.515. The fourth-order valence-electron chi connectivity index (χ4n) is 1.96. The van der Waals surface area contributed by atoms with Crippen LogP contribution in [0, 0.1) is 11.9 Å². The Morgan fingerprint density at radius 3 is 2.45 bits per heavy atom. The quantitative estimate of drug-likeness (QED) is 0.674. The first-order chi connectivity index (χ1) is 9.65. The molecule has 20 heavy (non-hydrogen) atoms. The SMILES string of the molecule is Cn1nccc1-c1cccc(-c2ccc(F)nc2F)n1. The van der Waals surface area contributed by atoms with Crippen LogP contribution in [0.1, 0.15) is 0 Å². The van der Waals surface area contributed by atoms with Gasteiger partial charge in [0.05, 0.1) is 22.6 Å². The van der Waals surface area contributed by atoms with Gasteiger partial charge in [-0.25, -0.2) is 4.98 Å². The first kappa shape index (κ1) is 12.4. The average molecular weight is 272 g/mol. The number of nitrogens with zero attached hydrogens (tertiary/aromatic N) is 4. The monoisotopic (exact) mass is 272 g/mol. The molecule has 3 aromatic heterocycles. The van der Waals surface area contributed by atoms with E-state index < -0.39 is 11.9 Å². The van der Waals surface area contributed by atoms with Crippen molar-refractivity contribution in [2.75, 3.05) is 0 Å². The first-order valence-electron chi connectivity index (χ1n) is 5.93. The fourth-order valence-corrected chi connectivity index (χ4v) is 1.96. The summed E-state index contributed by atoms with van der Waals surface area (Å²) in [6.07, 6.45) is 1.66. The van der Waals surface area contributed by atoms with Crippen LogP contribution < -0.4 is 0 Å². The minimum Gasteiger partial charge on any atom is -0.266 e. The van der Waals surface area contributed by atoms with Crippen LogP contribution in [0.15, 0.2) is 42.6 Å². The smallest absolute Gasteiger partial charge is 0.224 e. The predicted octanol–water partition coefficient (Wildman–Crippen LogP) is 2.82. The lowest BCUT2D eigenvalue weighted by atomic mass is 10.1. The van der Waals surface area contributed by atoms with Gasteiger partial charge in [-0.1, -0.05) is 6.07 Å². The Kier molecular flexibility index (Phi) is 2.98. The highest BCUT2D eigenvalue weighted by atomic mass is 19.1. The molecule has 100 valence electrons. The van der Waals surface area contributed by atoms with Crippen molar-refractivity contribution >= 4 is 0 Å². The molecule has 4 nitrogen and oxygen atoms in total. The van der Waals surface area contributed by atoms with Gasteiger partial charge >= 0.3 is 0 Å². The summed E-state index contributed by atoms with van der Waals surface area (Å²) in [7, 11) is 1.80. The lowest BCUT2D eigenvalue weighted by Crippen LogP contribution is -1.98. The van der Waals surface area contributed by atoms with Gasteiger partial charge in [-0.05, 0) is 30.3 Å². The van der Waals surface area contributed by atoms with Crippen LogP contribution in [-0.4, -0.2) is 19.7 Å². The van der Waals surface area contributed by atoms with Crippen molar-refractivity contribution < 1.29 is 8.78 Å². The van der Waals surface area contributed by atoms with E-state index in [4.69, 9.17) is 0 Å². The van der Waals surface area contributed by atoms with Gasteiger partial charge in [-0.3, -0.25) is 4.68 Å². The van der Waals surface area contributed by atoms with E-state index in [1.54, 1.807) is 36.1 Å². The molecular weight excluding hydrogens is 262 g/mol. The van der Waals surface area contributed by atoms with Gasteiger partial charge in [-0.2, -0.15) is 18.9 Å². The van der Waals surface area contributed by atoms with Gasteiger partial charge < -0.3 is 0 Å². The number of halogens is 2. The van der Waals surface area contributed by atoms with Crippen molar-refractivity contribution in [3.63, 3.8) is 0 Å². The second-order valence-corrected chi connectivity index (χ2v) is 4.22. The van der Waals surface area contributed by atoms with E-state index >= 15 is 0 Å². The number of rotatable bonds is 2. The van der Waals surface area contributed by atoms with Gasteiger partial charge in [0.15, 0.2) is 0 Å². The molecule has 0 unspecified atom stereocenters. The minimum atomic E-state index is -0.875. The summed E-state index contributed by atoms with van der Waals surface area (Å²) in [5.74, 6) is -1.73. The maximum absolute atomic E-state index is 13.7. The van der Waals surface area contributed by atoms with E-state index in [-0.39, 0.29) is 5.56 Å². The van der Waals surface area contributed by atoms with Crippen molar-refractivity contribution in [1.82, 2.24) is 19.7 Å². The molecule has 0 bridgehead atoms. The van der Waals surface area contributed by atoms with E-state index in [0.717, 1.165) is 11.8 Å². The summed E-state index contributed by atoms with van der Waals surface area (Å²) in [5, 5.41) is 4.07. The van der Waals surface area contributed by atoms with Crippen LogP contribution in [0.2, 0.25) is 0 Å². The van der Waals surface area contributed by atoms with Gasteiger partial charge in [0.25, 0.3) is 0 Å². The number of pyridine rings is 2. The summed E-state index contributed by atoms with van der Waals surface area (Å²) in [4.78, 5) is 7.54. The summed E-state index contributed by atoms with van der Waals surface area (Å²) in [5.41, 5.74) is 2.03. The summed E-state index contributed by atoms with van der Waals surface area (Å²) >= 11 is 0. The Hall–Kier alpha value is -2.63. The Balaban J connectivity index is 2.10. The van der Waals surface area contributed by atoms with Crippen molar-refractivity contribution in [3.05, 3.63) is 54.5 Å². The maximum Gasteiger partial charge on any atom is 0.224 e. The lowest BCUT2D eigenvalue weighted by Gasteiger charge is -2.05. The number of hydrogen-bond donors (Lipinski definition) is 0. The van der Waals surface area contributed by atoms with Crippen LogP contribution in [0.25, 0.3) is 22.6 Å². The zero-order chi connectivity index (χ0) is 14.1. The highest BCUT2D eigenvalue weighted by Gasteiger charge is 2.11. The predicted molar refractivity (Wildman–Crippen MR) is 69.6 cm³/mol. The summed E-state index contributed by atoms with van der Waals surface area (Å²) in [6, 6.07) is 9.45. The van der Waals surface area contributed by atoms with E-state index in [1.807, 2.05) is 6.07 Å². The molecule has 0 aliphatic carbocycles. The molecule has 0 spiro atoms. The number of aryl methyl sites for hydroxylation is 1. The molecule has 0 saturated carbocycles. The van der Waals surface area contributed by atoms with E-state index in [1.165, 1.54) is 6.07 Å². The van der Waals surface area contributed by atoms with Gasteiger partial charge in [0.2, 0.25) is 11.9 Å². The van der Waals surface area contributed by atoms with E-state index in [2.05, 4.69) is 15.1 Å². The molecule has 3 heterocycles. The molecule has 0 aliphatic heterocycles. The summed E-state index contributed by atoms with van der Waals surface area (Å²) in [6.45, 7) is 0. The van der Waals surface area contributed by atoms with Crippen LogP contribution in [0.3, 0.4) is 0 Å². The Bertz CT molecular complexity index is 767. The molecule has 0 N–H and O–H groups in total. The molecule has 0 aromatic carbocycles. The van der Waals surface area contributed by atoms with Gasteiger partial charge in [-0.15, -0.1) is 0 Å². The standard InChI is InChI=1S/C14H10F2N4/c1-20-12(7-8-17-20)11-4-2-3-10(18-11)9-5-6-13(15)19-14(9)16/h2-8H,1H3. The number of hydrogen-bond acceptors (Lipinski definition) is 3. The molecule has 0 amide bonds. The Labute approximate surface area is 113 Å². The molecule has 0 saturated heterocycles. The first-order valence-corrected chi connectivity index (χ1v) is 5.93. The van der Waals surface area contributed by atoms with Crippen LogP contribution >= 0.6 is 0 Å². The Morgan fingerprint density at radius 2 is 1.75 bits per heavy atom. The third-order valence-corrected chi connectivity index (χ3v) is 2.92. The second-order valence-electron chi connectivity index (χ2n) is 4.22. The zero-order valence-electron chi connectivity index (χ0n) is 10.6. The molecule has 3 rings (SSSR count). The normalized spacial score (nSPS) is 10.8. The molecule has 0 fully saturated rings. The van der Waals surface area contributed by atoms with Crippen molar-refractivity contribution in [1.29, 1.82) is 0 Å². The van der Waals surface area contributed by atoms with E-state index in [9.17, 15) is 8.78 Å². The van der Waals surface area contributed by atoms with Crippen LogP contribution in [0.4, 0.5) is 8.78 Å². The summed E-state index contributed by atoms with van der Waals surface area (Å²) < 4.78 is 28.2. The third kappa shape index (κ3) is 2.16. The highest BCUT2D eigenvalue weighted by molar-refractivity contribution is 5.63. The van der Waals surface area contributed by atoms with Gasteiger partial charge in [0.1, 0.15) is 0 Å². The maximum atomic E-state index is 13.7. The van der Waals surface area contributed by atoms with Crippen LogP contribution in [0.5, 0.6) is 0 Å². The average Bonchev–Trinajstić information content (AvgIpc) is 2.85. The van der Waals surface area contributed by atoms with Crippen molar-refractivity contribution in [2.45, 2.75) is 0 Å². The van der Waals surface area contributed by atoms with Gasteiger partial charge in [0, 0.05) is 13.2 Å². The minimum absolute atomic E-state index is 0.162. The zero-order valence-corrected chi connectivity index (χ0v) is 10.6. The molecule has 0 radical (unpaired) electrons. The van der Waals surface area contributed by atoms with Crippen molar-refractivity contribution in [2.24, 2.45) is 7.05 Å².